The molecular weight excluding hydrogens is 200 g/mol. The van der Waals surface area contributed by atoms with Crippen LogP contribution >= 0.6 is 0 Å². The number of hydrogen-bond acceptors (Lipinski definition) is 2. The lowest BCUT2D eigenvalue weighted by molar-refractivity contribution is -0.140. The number of allylic oxidation sites excluding steroid dienone is 1. The topological polar surface area (TPSA) is 26.3 Å². The second-order valence-electron chi connectivity index (χ2n) is 5.40. The van der Waals surface area contributed by atoms with Crippen LogP contribution < -0.4 is 0 Å². The molecule has 1 unspecified atom stereocenters. The first-order valence-corrected chi connectivity index (χ1v) is 6.38. The number of carbonyl (C=O) groups excluding carboxylic acids is 1. The van der Waals surface area contributed by atoms with Crippen molar-refractivity contribution in [2.75, 3.05) is 0 Å². The minimum atomic E-state index is -0.0569. The van der Waals surface area contributed by atoms with Crippen LogP contribution in [0.25, 0.3) is 0 Å². The van der Waals surface area contributed by atoms with E-state index < -0.39 is 0 Å². The summed E-state index contributed by atoms with van der Waals surface area (Å²) in [7, 11) is 0. The van der Waals surface area contributed by atoms with Gasteiger partial charge in [-0.1, -0.05) is 46.1 Å². The predicted molar refractivity (Wildman–Crippen MR) is 66.2 cm³/mol. The van der Waals surface area contributed by atoms with Gasteiger partial charge >= 0.3 is 5.97 Å². The fourth-order valence-electron chi connectivity index (χ4n) is 2.22. The molecule has 0 N–H and O–H groups in total. The third kappa shape index (κ3) is 3.36. The lowest BCUT2D eigenvalue weighted by atomic mass is 9.84. The second-order valence-corrected chi connectivity index (χ2v) is 5.40. The largest absolute Gasteiger partial charge is 0.457 e. The highest BCUT2D eigenvalue weighted by Crippen LogP contribution is 2.36. The fourth-order valence-corrected chi connectivity index (χ4v) is 2.22. The third-order valence-electron chi connectivity index (χ3n) is 3.16. The molecule has 1 saturated heterocycles. The van der Waals surface area contributed by atoms with Crippen LogP contribution in [0.2, 0.25) is 0 Å². The van der Waals surface area contributed by atoms with E-state index in [1.54, 1.807) is 0 Å². The third-order valence-corrected chi connectivity index (χ3v) is 3.16. The van der Waals surface area contributed by atoms with Gasteiger partial charge in [-0.3, -0.25) is 4.79 Å². The molecule has 2 heteroatoms. The zero-order valence-electron chi connectivity index (χ0n) is 11.0. The smallest absolute Gasteiger partial charge is 0.307 e. The van der Waals surface area contributed by atoms with Gasteiger partial charge in [0.25, 0.3) is 0 Å². The van der Waals surface area contributed by atoms with Crippen molar-refractivity contribution >= 4 is 5.97 Å². The van der Waals surface area contributed by atoms with E-state index in [-0.39, 0.29) is 17.5 Å². The molecule has 0 aliphatic carbocycles. The Balaban J connectivity index is 2.75. The van der Waals surface area contributed by atoms with Crippen molar-refractivity contribution in [3.8, 4) is 0 Å². The van der Waals surface area contributed by atoms with Gasteiger partial charge in [0.05, 0.1) is 6.42 Å². The molecule has 1 rings (SSSR count). The normalized spacial score (nSPS) is 23.0. The van der Waals surface area contributed by atoms with Gasteiger partial charge < -0.3 is 4.74 Å². The maximum Gasteiger partial charge on any atom is 0.307 e. The second kappa shape index (κ2) is 5.51. The minimum absolute atomic E-state index is 0.0203. The van der Waals surface area contributed by atoms with Crippen LogP contribution in [0.1, 0.15) is 59.8 Å². The molecule has 1 heterocycles. The van der Waals surface area contributed by atoms with Crippen molar-refractivity contribution in [2.45, 2.75) is 65.9 Å². The first-order chi connectivity index (χ1) is 7.49. The standard InChI is InChI=1S/C14H24O2/c1-5-7-11(8-6-2)9-12-14(3,4)10-13(15)16-12/h9,12H,5-8,10H2,1-4H3. The zero-order valence-corrected chi connectivity index (χ0v) is 11.0. The molecule has 92 valence electrons. The predicted octanol–water partition coefficient (Wildman–Crippen LogP) is 3.85. The van der Waals surface area contributed by atoms with Crippen LogP contribution in [-0.4, -0.2) is 12.1 Å². The van der Waals surface area contributed by atoms with Crippen LogP contribution in [0.5, 0.6) is 0 Å². The van der Waals surface area contributed by atoms with Crippen LogP contribution in [0.15, 0.2) is 11.6 Å². The number of hydrogen-bond donors (Lipinski definition) is 0. The monoisotopic (exact) mass is 224 g/mol. The fraction of sp³-hybridized carbons (Fsp3) is 0.786. The first kappa shape index (κ1) is 13.3. The van der Waals surface area contributed by atoms with E-state index in [1.165, 1.54) is 5.57 Å². The molecule has 1 atom stereocenters. The summed E-state index contributed by atoms with van der Waals surface area (Å²) in [4.78, 5) is 11.3. The van der Waals surface area contributed by atoms with Gasteiger partial charge in [0.1, 0.15) is 6.10 Å². The summed E-state index contributed by atoms with van der Waals surface area (Å²) < 4.78 is 5.38. The minimum Gasteiger partial charge on any atom is -0.457 e. The summed E-state index contributed by atoms with van der Waals surface area (Å²) in [6.45, 7) is 8.59. The zero-order chi connectivity index (χ0) is 12.2. The van der Waals surface area contributed by atoms with E-state index in [1.807, 2.05) is 0 Å². The molecule has 0 aromatic carbocycles. The van der Waals surface area contributed by atoms with E-state index in [9.17, 15) is 4.79 Å². The van der Waals surface area contributed by atoms with Crippen molar-refractivity contribution < 1.29 is 9.53 Å². The Morgan fingerprint density at radius 2 is 1.94 bits per heavy atom. The van der Waals surface area contributed by atoms with Gasteiger partial charge in [0, 0.05) is 5.41 Å². The summed E-state index contributed by atoms with van der Waals surface area (Å²) >= 11 is 0. The number of rotatable bonds is 5. The van der Waals surface area contributed by atoms with Crippen molar-refractivity contribution in [1.29, 1.82) is 0 Å². The number of carbonyl (C=O) groups is 1. The van der Waals surface area contributed by atoms with E-state index in [2.05, 4.69) is 33.8 Å². The molecule has 0 spiro atoms. The van der Waals surface area contributed by atoms with Crippen LogP contribution in [0.3, 0.4) is 0 Å². The lowest BCUT2D eigenvalue weighted by Gasteiger charge is -2.22. The van der Waals surface area contributed by atoms with E-state index in [4.69, 9.17) is 4.74 Å². The SMILES string of the molecule is CCCC(=CC1OC(=O)CC1(C)C)CCC. The maximum absolute atomic E-state index is 11.3. The Bertz CT molecular complexity index is 268. The molecule has 16 heavy (non-hydrogen) atoms. The van der Waals surface area contributed by atoms with Crippen LogP contribution in [-0.2, 0) is 9.53 Å². The van der Waals surface area contributed by atoms with Crippen molar-refractivity contribution in [3.63, 3.8) is 0 Å². The molecule has 0 aromatic rings. The molecule has 1 fully saturated rings. The lowest BCUT2D eigenvalue weighted by Crippen LogP contribution is -2.22. The maximum atomic E-state index is 11.3. The summed E-state index contributed by atoms with van der Waals surface area (Å²) in [5, 5.41) is 0. The summed E-state index contributed by atoms with van der Waals surface area (Å²) in [5.74, 6) is -0.0569. The molecule has 0 amide bonds. The summed E-state index contributed by atoms with van der Waals surface area (Å²) in [5.41, 5.74) is 1.40. The highest BCUT2D eigenvalue weighted by Gasteiger charge is 2.40. The quantitative estimate of drug-likeness (QED) is 0.523. The Morgan fingerprint density at radius 1 is 1.38 bits per heavy atom. The molecule has 0 saturated carbocycles. The number of cyclic esters (lactones) is 1. The summed E-state index contributed by atoms with van der Waals surface area (Å²) in [6.07, 6.45) is 7.28. The highest BCUT2D eigenvalue weighted by atomic mass is 16.6. The molecule has 0 aromatic heterocycles. The Hall–Kier alpha value is -0.790. The molecular formula is C14H24O2. The van der Waals surface area contributed by atoms with Crippen molar-refractivity contribution in [2.24, 2.45) is 5.41 Å². The van der Waals surface area contributed by atoms with Crippen molar-refractivity contribution in [1.82, 2.24) is 0 Å². The van der Waals surface area contributed by atoms with Gasteiger partial charge in [0.15, 0.2) is 0 Å². The van der Waals surface area contributed by atoms with Gasteiger partial charge in [-0.05, 0) is 18.9 Å². The highest BCUT2D eigenvalue weighted by molar-refractivity contribution is 5.73. The van der Waals surface area contributed by atoms with E-state index in [0.29, 0.717) is 6.42 Å². The van der Waals surface area contributed by atoms with Gasteiger partial charge in [-0.25, -0.2) is 0 Å². The molecule has 0 bridgehead atoms. The average molecular weight is 224 g/mol. The van der Waals surface area contributed by atoms with Gasteiger partial charge in [-0.15, -0.1) is 0 Å². The van der Waals surface area contributed by atoms with Crippen LogP contribution in [0.4, 0.5) is 0 Å². The van der Waals surface area contributed by atoms with Gasteiger partial charge in [-0.2, -0.15) is 0 Å². The average Bonchev–Trinajstić information content (AvgIpc) is 2.40. The molecule has 1 aliphatic heterocycles. The Labute approximate surface area is 99.1 Å². The molecule has 2 nitrogen and oxygen atoms in total. The number of esters is 1. The molecule has 0 radical (unpaired) electrons. The van der Waals surface area contributed by atoms with Crippen molar-refractivity contribution in [3.05, 3.63) is 11.6 Å². The van der Waals surface area contributed by atoms with Gasteiger partial charge in [0.2, 0.25) is 0 Å². The number of ether oxygens (including phenoxy) is 1. The molecule has 1 aliphatic rings. The Kier molecular flexibility index (Phi) is 4.57. The first-order valence-electron chi connectivity index (χ1n) is 6.38. The van der Waals surface area contributed by atoms with Crippen LogP contribution in [0, 0.1) is 5.41 Å². The van der Waals surface area contributed by atoms with E-state index >= 15 is 0 Å². The van der Waals surface area contributed by atoms with E-state index in [0.717, 1.165) is 25.7 Å². The Morgan fingerprint density at radius 3 is 2.31 bits per heavy atom. The summed E-state index contributed by atoms with van der Waals surface area (Å²) in [6, 6.07) is 0.